The molecule has 2 aliphatic heterocycles. The molecule has 2 fully saturated rings. The summed E-state index contributed by atoms with van der Waals surface area (Å²) < 4.78 is 0. The van der Waals surface area contributed by atoms with E-state index in [1.165, 1.54) is 9.80 Å². The van der Waals surface area contributed by atoms with Gasteiger partial charge in [-0.1, -0.05) is 30.3 Å². The van der Waals surface area contributed by atoms with Crippen LogP contribution in [-0.2, 0) is 40.0 Å². The normalized spacial score (nSPS) is 19.9. The third kappa shape index (κ3) is 9.23. The van der Waals surface area contributed by atoms with Crippen molar-refractivity contribution >= 4 is 41.4 Å². The van der Waals surface area contributed by atoms with Gasteiger partial charge in [0.1, 0.15) is 24.2 Å². The molecule has 0 bridgehead atoms. The molecule has 1 aromatic rings. The molecule has 0 unspecified atom stereocenters. The van der Waals surface area contributed by atoms with Crippen LogP contribution in [-0.4, -0.2) is 99.6 Å². The van der Waals surface area contributed by atoms with E-state index in [1.807, 2.05) is 0 Å². The average molecular weight is 616 g/mol. The lowest BCUT2D eigenvalue weighted by molar-refractivity contribution is -0.149. The van der Waals surface area contributed by atoms with Gasteiger partial charge in [0.15, 0.2) is 0 Å². The second-order valence-corrected chi connectivity index (χ2v) is 11.1. The van der Waals surface area contributed by atoms with E-state index in [0.29, 0.717) is 25.7 Å². The molecule has 240 valence electrons. The van der Waals surface area contributed by atoms with Crippen LogP contribution in [0.2, 0.25) is 0 Å². The van der Waals surface area contributed by atoms with Gasteiger partial charge < -0.3 is 42.7 Å². The molecule has 6 amide bonds. The van der Waals surface area contributed by atoms with Crippen molar-refractivity contribution in [2.24, 2.45) is 17.2 Å². The van der Waals surface area contributed by atoms with Crippen LogP contribution in [0.1, 0.15) is 56.9 Å². The van der Waals surface area contributed by atoms with E-state index < -0.39 is 71.6 Å². The highest BCUT2D eigenvalue weighted by Crippen LogP contribution is 2.26. The predicted molar refractivity (Wildman–Crippen MR) is 156 cm³/mol. The maximum Gasteiger partial charge on any atom is 0.326 e. The highest BCUT2D eigenvalue weighted by molar-refractivity contribution is 5.96. The minimum absolute atomic E-state index is 0.0464. The lowest BCUT2D eigenvalue weighted by Crippen LogP contribution is -2.58. The van der Waals surface area contributed by atoms with Crippen LogP contribution in [0.5, 0.6) is 0 Å². The number of rotatable bonds is 15. The van der Waals surface area contributed by atoms with E-state index in [9.17, 15) is 38.7 Å². The fourth-order valence-electron chi connectivity index (χ4n) is 5.55. The number of hydrogen-bond acceptors (Lipinski definition) is 8. The van der Waals surface area contributed by atoms with Crippen molar-refractivity contribution in [1.29, 1.82) is 0 Å². The summed E-state index contributed by atoms with van der Waals surface area (Å²) in [6, 6.07) is 3.47. The molecule has 1 aromatic carbocycles. The van der Waals surface area contributed by atoms with Gasteiger partial charge in [-0.3, -0.25) is 28.8 Å². The number of benzene rings is 1. The van der Waals surface area contributed by atoms with Gasteiger partial charge in [0.25, 0.3) is 0 Å². The van der Waals surface area contributed by atoms with Crippen molar-refractivity contribution in [3.05, 3.63) is 35.9 Å². The standard InChI is InChI=1S/C29H41N7O8/c30-18(10-12-23(31)37)25(39)33-19(11-13-24(32)38)27(41)36-15-5-9-22(36)28(42)35-14-4-8-21(35)26(40)34-20(29(43)44)16-17-6-2-1-3-7-17/h1-3,6-7,18-22H,4-5,8-16,30H2,(H2,31,37)(H2,32,38)(H,33,39)(H,34,40)(H,43,44)/t18-,19-,20-,21-,22-/m0/s1. The summed E-state index contributed by atoms with van der Waals surface area (Å²) in [5, 5.41) is 14.8. The third-order valence-corrected chi connectivity index (χ3v) is 7.89. The first-order chi connectivity index (χ1) is 20.9. The molecule has 3 rings (SSSR count). The van der Waals surface area contributed by atoms with Crippen molar-refractivity contribution in [3.8, 4) is 0 Å². The SMILES string of the molecule is NC(=O)CC[C@H](NC(=O)[C@@H](N)CCC(N)=O)C(=O)N1CCC[C@H]1C(=O)N1CCC[C@H]1C(=O)N[C@@H](Cc1ccccc1)C(=O)O. The molecule has 2 heterocycles. The van der Waals surface area contributed by atoms with Gasteiger partial charge in [0.05, 0.1) is 6.04 Å². The summed E-state index contributed by atoms with van der Waals surface area (Å²) in [5.74, 6) is -4.92. The number of carbonyl (C=O) groups is 7. The molecule has 5 atom stereocenters. The average Bonchev–Trinajstić information content (AvgIpc) is 3.68. The van der Waals surface area contributed by atoms with Crippen LogP contribution >= 0.6 is 0 Å². The third-order valence-electron chi connectivity index (χ3n) is 7.89. The number of nitrogens with two attached hydrogens (primary N) is 3. The molecular weight excluding hydrogens is 574 g/mol. The number of carbonyl (C=O) groups excluding carboxylic acids is 6. The first-order valence-electron chi connectivity index (χ1n) is 14.7. The van der Waals surface area contributed by atoms with Gasteiger partial charge in [0.2, 0.25) is 35.4 Å². The molecular formula is C29H41N7O8. The van der Waals surface area contributed by atoms with Crippen molar-refractivity contribution in [1.82, 2.24) is 20.4 Å². The number of likely N-dealkylation sites (tertiary alicyclic amines) is 2. The predicted octanol–water partition coefficient (Wildman–Crippen LogP) is -1.88. The number of primary amides is 2. The van der Waals surface area contributed by atoms with Gasteiger partial charge in [-0.15, -0.1) is 0 Å². The van der Waals surface area contributed by atoms with Crippen molar-refractivity contribution in [2.45, 2.75) is 88.0 Å². The first kappa shape index (κ1) is 34.0. The molecule has 0 aromatic heterocycles. The Labute approximate surface area is 254 Å². The molecule has 0 aliphatic carbocycles. The second-order valence-electron chi connectivity index (χ2n) is 11.1. The van der Waals surface area contributed by atoms with E-state index >= 15 is 0 Å². The first-order valence-corrected chi connectivity index (χ1v) is 14.7. The minimum atomic E-state index is -1.21. The number of nitrogens with one attached hydrogen (secondary N) is 2. The van der Waals surface area contributed by atoms with Crippen LogP contribution in [0.4, 0.5) is 0 Å². The quantitative estimate of drug-likeness (QED) is 0.129. The maximum absolute atomic E-state index is 13.8. The summed E-state index contributed by atoms with van der Waals surface area (Å²) in [7, 11) is 0. The Morgan fingerprint density at radius 1 is 0.818 bits per heavy atom. The number of carboxylic acid groups (broad SMARTS) is 1. The molecule has 0 saturated carbocycles. The zero-order valence-electron chi connectivity index (χ0n) is 24.5. The van der Waals surface area contributed by atoms with Crippen molar-refractivity contribution in [2.75, 3.05) is 13.1 Å². The number of nitrogens with zero attached hydrogens (tertiary/aromatic N) is 2. The molecule has 9 N–H and O–H groups in total. The van der Waals surface area contributed by atoms with E-state index in [-0.39, 0.29) is 45.2 Å². The fourth-order valence-corrected chi connectivity index (χ4v) is 5.55. The summed E-state index contributed by atoms with van der Waals surface area (Å²) in [6.45, 7) is 0.456. The smallest absolute Gasteiger partial charge is 0.326 e. The Balaban J connectivity index is 1.71. The summed E-state index contributed by atoms with van der Waals surface area (Å²) in [4.78, 5) is 90.5. The van der Waals surface area contributed by atoms with Gasteiger partial charge in [-0.25, -0.2) is 4.79 Å². The van der Waals surface area contributed by atoms with E-state index in [1.54, 1.807) is 30.3 Å². The topological polar surface area (TPSA) is 248 Å². The molecule has 0 spiro atoms. The minimum Gasteiger partial charge on any atom is -0.480 e. The number of carboxylic acids is 1. The van der Waals surface area contributed by atoms with Crippen LogP contribution in [0.15, 0.2) is 30.3 Å². The maximum atomic E-state index is 13.8. The summed E-state index contributed by atoms with van der Waals surface area (Å²) in [6.07, 6.45) is 1.18. The lowest BCUT2D eigenvalue weighted by Gasteiger charge is -2.33. The van der Waals surface area contributed by atoms with Crippen LogP contribution in [0.3, 0.4) is 0 Å². The summed E-state index contributed by atoms with van der Waals surface area (Å²) >= 11 is 0. The van der Waals surface area contributed by atoms with Crippen LogP contribution in [0.25, 0.3) is 0 Å². The second kappa shape index (κ2) is 15.8. The van der Waals surface area contributed by atoms with Gasteiger partial charge in [0, 0.05) is 32.4 Å². The molecule has 15 nitrogen and oxygen atoms in total. The Bertz CT molecular complexity index is 1240. The Morgan fingerprint density at radius 3 is 2.02 bits per heavy atom. The zero-order chi connectivity index (χ0) is 32.4. The van der Waals surface area contributed by atoms with Crippen molar-refractivity contribution < 1.29 is 38.7 Å². The van der Waals surface area contributed by atoms with Crippen LogP contribution < -0.4 is 27.8 Å². The Kier molecular flexibility index (Phi) is 12.2. The number of hydrogen-bond donors (Lipinski definition) is 6. The molecule has 15 heteroatoms. The summed E-state index contributed by atoms with van der Waals surface area (Å²) in [5.41, 5.74) is 17.0. The Morgan fingerprint density at radius 2 is 1.41 bits per heavy atom. The molecule has 2 aliphatic rings. The van der Waals surface area contributed by atoms with Crippen LogP contribution in [0, 0.1) is 0 Å². The zero-order valence-corrected chi connectivity index (χ0v) is 24.5. The largest absolute Gasteiger partial charge is 0.480 e. The highest BCUT2D eigenvalue weighted by Gasteiger charge is 2.44. The van der Waals surface area contributed by atoms with Crippen molar-refractivity contribution in [3.63, 3.8) is 0 Å². The monoisotopic (exact) mass is 615 g/mol. The van der Waals surface area contributed by atoms with Gasteiger partial charge >= 0.3 is 5.97 Å². The Hall–Kier alpha value is -4.53. The van der Waals surface area contributed by atoms with Gasteiger partial charge in [-0.05, 0) is 44.1 Å². The van der Waals surface area contributed by atoms with Gasteiger partial charge in [-0.2, -0.15) is 0 Å². The number of aliphatic carboxylic acids is 1. The molecule has 2 saturated heterocycles. The lowest BCUT2D eigenvalue weighted by atomic mass is 10.0. The highest BCUT2D eigenvalue weighted by atomic mass is 16.4. The van der Waals surface area contributed by atoms with E-state index in [0.717, 1.165) is 5.56 Å². The molecule has 44 heavy (non-hydrogen) atoms. The van der Waals surface area contributed by atoms with E-state index in [2.05, 4.69) is 10.6 Å². The number of amides is 6. The van der Waals surface area contributed by atoms with E-state index in [4.69, 9.17) is 17.2 Å². The fraction of sp³-hybridized carbons (Fsp3) is 0.552. The molecule has 0 radical (unpaired) electrons.